The SMILES string of the molecule is COC(=O)/C(=C/c1ccccc1NS(=O)(=O)c1ccc(OC)cc1)c1ccncc1. The number of rotatable bonds is 7. The van der Waals surface area contributed by atoms with Gasteiger partial charge in [0.05, 0.1) is 30.4 Å². The van der Waals surface area contributed by atoms with Gasteiger partial charge in [0.15, 0.2) is 0 Å². The monoisotopic (exact) mass is 424 g/mol. The van der Waals surface area contributed by atoms with Crippen molar-refractivity contribution in [3.05, 3.63) is 84.2 Å². The van der Waals surface area contributed by atoms with Crippen LogP contribution in [0.2, 0.25) is 0 Å². The lowest BCUT2D eigenvalue weighted by atomic mass is 10.0. The van der Waals surface area contributed by atoms with Crippen molar-refractivity contribution in [2.24, 2.45) is 0 Å². The number of aromatic nitrogens is 1. The number of nitrogens with zero attached hydrogens (tertiary/aromatic N) is 1. The normalized spacial score (nSPS) is 11.6. The van der Waals surface area contributed by atoms with E-state index in [2.05, 4.69) is 9.71 Å². The molecule has 0 aliphatic carbocycles. The first-order chi connectivity index (χ1) is 14.4. The predicted molar refractivity (Wildman–Crippen MR) is 114 cm³/mol. The number of sulfonamides is 1. The minimum atomic E-state index is -3.85. The number of benzene rings is 2. The molecule has 2 aromatic carbocycles. The van der Waals surface area contributed by atoms with E-state index in [1.807, 2.05) is 0 Å². The molecule has 0 aliphatic rings. The molecule has 0 atom stereocenters. The molecule has 0 aliphatic heterocycles. The van der Waals surface area contributed by atoms with E-state index in [1.165, 1.54) is 26.4 Å². The summed E-state index contributed by atoms with van der Waals surface area (Å²) in [4.78, 5) is 16.4. The predicted octanol–water partition coefficient (Wildman–Crippen LogP) is 3.60. The molecule has 0 saturated heterocycles. The lowest BCUT2D eigenvalue weighted by molar-refractivity contribution is -0.133. The van der Waals surface area contributed by atoms with Gasteiger partial charge in [0.2, 0.25) is 0 Å². The molecule has 0 spiro atoms. The van der Waals surface area contributed by atoms with Gasteiger partial charge in [-0.25, -0.2) is 13.2 Å². The molecule has 0 radical (unpaired) electrons. The first-order valence-corrected chi connectivity index (χ1v) is 10.4. The number of ether oxygens (including phenoxy) is 2. The highest BCUT2D eigenvalue weighted by atomic mass is 32.2. The summed E-state index contributed by atoms with van der Waals surface area (Å²) in [7, 11) is -1.05. The fraction of sp³-hybridized carbons (Fsp3) is 0.0909. The van der Waals surface area contributed by atoms with Crippen molar-refractivity contribution in [3.8, 4) is 5.75 Å². The Balaban J connectivity index is 2.00. The van der Waals surface area contributed by atoms with Crippen LogP contribution in [0.1, 0.15) is 11.1 Å². The minimum Gasteiger partial charge on any atom is -0.497 e. The highest BCUT2D eigenvalue weighted by molar-refractivity contribution is 7.92. The molecule has 154 valence electrons. The second-order valence-electron chi connectivity index (χ2n) is 6.15. The average Bonchev–Trinajstić information content (AvgIpc) is 2.78. The maximum Gasteiger partial charge on any atom is 0.338 e. The first kappa shape index (κ1) is 21.1. The number of carbonyl (C=O) groups is 1. The quantitative estimate of drug-likeness (QED) is 0.460. The zero-order valence-electron chi connectivity index (χ0n) is 16.4. The third-order valence-corrected chi connectivity index (χ3v) is 5.65. The van der Waals surface area contributed by atoms with Crippen LogP contribution in [0.3, 0.4) is 0 Å². The van der Waals surface area contributed by atoms with Crippen molar-refractivity contribution >= 4 is 33.3 Å². The summed E-state index contributed by atoms with van der Waals surface area (Å²) in [5.74, 6) is 0.00590. The van der Waals surface area contributed by atoms with E-state index < -0.39 is 16.0 Å². The number of hydrogen-bond donors (Lipinski definition) is 1. The van der Waals surface area contributed by atoms with Gasteiger partial charge >= 0.3 is 5.97 Å². The second kappa shape index (κ2) is 9.23. The number of pyridine rings is 1. The number of carbonyl (C=O) groups excluding carboxylic acids is 1. The van der Waals surface area contributed by atoms with E-state index in [9.17, 15) is 13.2 Å². The lowest BCUT2D eigenvalue weighted by Gasteiger charge is -2.12. The fourth-order valence-corrected chi connectivity index (χ4v) is 3.82. The smallest absolute Gasteiger partial charge is 0.338 e. The summed E-state index contributed by atoms with van der Waals surface area (Å²) in [6.07, 6.45) is 4.70. The molecule has 1 heterocycles. The number of nitrogens with one attached hydrogen (secondary N) is 1. The summed E-state index contributed by atoms with van der Waals surface area (Å²) in [5.41, 5.74) is 1.70. The summed E-state index contributed by atoms with van der Waals surface area (Å²) in [6.45, 7) is 0. The highest BCUT2D eigenvalue weighted by Crippen LogP contribution is 2.26. The van der Waals surface area contributed by atoms with Crippen molar-refractivity contribution in [3.63, 3.8) is 0 Å². The Bertz CT molecular complexity index is 1160. The van der Waals surface area contributed by atoms with Gasteiger partial charge in [0.1, 0.15) is 5.75 Å². The number of esters is 1. The van der Waals surface area contributed by atoms with Crippen molar-refractivity contribution in [2.45, 2.75) is 4.90 Å². The fourth-order valence-electron chi connectivity index (χ4n) is 2.73. The molecule has 0 amide bonds. The third-order valence-electron chi connectivity index (χ3n) is 4.27. The molecule has 0 fully saturated rings. The van der Waals surface area contributed by atoms with Gasteiger partial charge < -0.3 is 9.47 Å². The second-order valence-corrected chi connectivity index (χ2v) is 7.84. The van der Waals surface area contributed by atoms with E-state index in [-0.39, 0.29) is 10.5 Å². The van der Waals surface area contributed by atoms with E-state index >= 15 is 0 Å². The standard InChI is InChI=1S/C22H20N2O5S/c1-28-18-7-9-19(10-8-18)30(26,27)24-21-6-4-3-5-17(21)15-20(22(25)29-2)16-11-13-23-14-12-16/h3-15,24H,1-2H3/b20-15+. The number of anilines is 1. The zero-order chi connectivity index (χ0) is 21.6. The van der Waals surface area contributed by atoms with Crippen LogP contribution in [0.5, 0.6) is 5.75 Å². The molecule has 0 bridgehead atoms. The van der Waals surface area contributed by atoms with Crippen LogP contribution in [0.15, 0.2) is 78.0 Å². The van der Waals surface area contributed by atoms with Gasteiger partial charge in [0.25, 0.3) is 10.0 Å². The van der Waals surface area contributed by atoms with E-state index in [1.54, 1.807) is 67.0 Å². The molecule has 7 nitrogen and oxygen atoms in total. The Hall–Kier alpha value is -3.65. The minimum absolute atomic E-state index is 0.0874. The summed E-state index contributed by atoms with van der Waals surface area (Å²) >= 11 is 0. The Kier molecular flexibility index (Phi) is 6.48. The van der Waals surface area contributed by atoms with E-state index in [0.717, 1.165) is 0 Å². The van der Waals surface area contributed by atoms with Gasteiger partial charge in [-0.05, 0) is 59.7 Å². The van der Waals surface area contributed by atoms with Crippen LogP contribution in [0.25, 0.3) is 11.6 Å². The Morgan fingerprint density at radius 2 is 1.63 bits per heavy atom. The molecule has 8 heteroatoms. The summed E-state index contributed by atoms with van der Waals surface area (Å²) < 4.78 is 38.2. The van der Waals surface area contributed by atoms with Crippen LogP contribution >= 0.6 is 0 Å². The first-order valence-electron chi connectivity index (χ1n) is 8.91. The maximum absolute atomic E-state index is 12.8. The molecular weight excluding hydrogens is 404 g/mol. The zero-order valence-corrected chi connectivity index (χ0v) is 17.2. The number of methoxy groups -OCH3 is 2. The van der Waals surface area contributed by atoms with E-state index in [0.29, 0.717) is 22.6 Å². The summed E-state index contributed by atoms with van der Waals surface area (Å²) in [6, 6.07) is 16.2. The molecule has 1 aromatic heterocycles. The molecule has 3 rings (SSSR count). The van der Waals surface area contributed by atoms with Crippen LogP contribution in [-0.2, 0) is 19.6 Å². The van der Waals surface area contributed by atoms with Crippen LogP contribution < -0.4 is 9.46 Å². The van der Waals surface area contributed by atoms with Crippen LogP contribution in [0, 0.1) is 0 Å². The van der Waals surface area contributed by atoms with Gasteiger partial charge in [-0.1, -0.05) is 18.2 Å². The largest absolute Gasteiger partial charge is 0.497 e. The van der Waals surface area contributed by atoms with Crippen molar-refractivity contribution in [1.29, 1.82) is 0 Å². The Morgan fingerprint density at radius 3 is 2.27 bits per heavy atom. The topological polar surface area (TPSA) is 94.6 Å². The van der Waals surface area contributed by atoms with Gasteiger partial charge in [-0.2, -0.15) is 0 Å². The average molecular weight is 424 g/mol. The summed E-state index contributed by atoms with van der Waals surface area (Å²) in [5, 5.41) is 0. The molecular formula is C22H20N2O5S. The lowest BCUT2D eigenvalue weighted by Crippen LogP contribution is -2.14. The molecule has 0 unspecified atom stereocenters. The van der Waals surface area contributed by atoms with Crippen molar-refractivity contribution in [1.82, 2.24) is 4.98 Å². The molecule has 30 heavy (non-hydrogen) atoms. The number of hydrogen-bond acceptors (Lipinski definition) is 6. The van der Waals surface area contributed by atoms with Crippen LogP contribution in [0.4, 0.5) is 5.69 Å². The Morgan fingerprint density at radius 1 is 0.967 bits per heavy atom. The molecule has 1 N–H and O–H groups in total. The van der Waals surface area contributed by atoms with Gasteiger partial charge in [-0.3, -0.25) is 9.71 Å². The number of para-hydroxylation sites is 1. The van der Waals surface area contributed by atoms with Crippen LogP contribution in [-0.4, -0.2) is 33.6 Å². The van der Waals surface area contributed by atoms with E-state index in [4.69, 9.17) is 9.47 Å². The van der Waals surface area contributed by atoms with Gasteiger partial charge in [0, 0.05) is 12.4 Å². The van der Waals surface area contributed by atoms with Gasteiger partial charge in [-0.15, -0.1) is 0 Å². The molecule has 3 aromatic rings. The molecule has 0 saturated carbocycles. The highest BCUT2D eigenvalue weighted by Gasteiger charge is 2.17. The maximum atomic E-state index is 12.8. The Labute approximate surface area is 175 Å². The van der Waals surface area contributed by atoms with Crippen molar-refractivity contribution < 1.29 is 22.7 Å². The van der Waals surface area contributed by atoms with Crippen molar-refractivity contribution in [2.75, 3.05) is 18.9 Å². The third kappa shape index (κ3) is 4.84.